The zero-order valence-electron chi connectivity index (χ0n) is 11.2. The summed E-state index contributed by atoms with van der Waals surface area (Å²) in [7, 11) is 0. The molecule has 1 aromatic heterocycles. The molecule has 3 nitrogen and oxygen atoms in total. The molecule has 1 heterocycles. The molecular formula is C15H21N3. The van der Waals surface area contributed by atoms with Crippen LogP contribution in [0, 0.1) is 5.92 Å². The number of benzene rings is 1. The van der Waals surface area contributed by atoms with Crippen molar-refractivity contribution in [2.75, 3.05) is 11.9 Å². The van der Waals surface area contributed by atoms with E-state index < -0.39 is 0 Å². The lowest BCUT2D eigenvalue weighted by Crippen LogP contribution is -2.05. The van der Waals surface area contributed by atoms with E-state index in [1.165, 1.54) is 19.3 Å². The largest absolute Gasteiger partial charge is 0.368 e. The van der Waals surface area contributed by atoms with Gasteiger partial charge in [0.25, 0.3) is 0 Å². The Hall–Kier alpha value is -1.64. The fourth-order valence-electron chi connectivity index (χ4n) is 2.04. The average Bonchev–Trinajstić information content (AvgIpc) is 2.38. The SMILES string of the molecule is CC(C)CCCCNc1nncc2ccccc12. The molecule has 1 N–H and O–H groups in total. The monoisotopic (exact) mass is 243 g/mol. The number of nitrogens with zero attached hydrogens (tertiary/aromatic N) is 2. The predicted octanol–water partition coefficient (Wildman–Crippen LogP) is 3.87. The van der Waals surface area contributed by atoms with Crippen LogP contribution in [0.3, 0.4) is 0 Å². The second kappa shape index (κ2) is 6.34. The number of unbranched alkanes of at least 4 members (excludes halogenated alkanes) is 1. The molecule has 0 atom stereocenters. The topological polar surface area (TPSA) is 37.8 Å². The lowest BCUT2D eigenvalue weighted by Gasteiger charge is -2.08. The first-order valence-electron chi connectivity index (χ1n) is 6.71. The van der Waals surface area contributed by atoms with Gasteiger partial charge in [0.2, 0.25) is 0 Å². The zero-order chi connectivity index (χ0) is 12.8. The van der Waals surface area contributed by atoms with Gasteiger partial charge in [0.05, 0.1) is 6.20 Å². The van der Waals surface area contributed by atoms with Gasteiger partial charge in [-0.15, -0.1) is 5.10 Å². The van der Waals surface area contributed by atoms with Gasteiger partial charge in [-0.1, -0.05) is 51.0 Å². The minimum Gasteiger partial charge on any atom is -0.368 e. The van der Waals surface area contributed by atoms with Gasteiger partial charge in [0.15, 0.2) is 5.82 Å². The normalized spacial score (nSPS) is 11.1. The highest BCUT2D eigenvalue weighted by Gasteiger charge is 2.01. The second-order valence-corrected chi connectivity index (χ2v) is 5.10. The lowest BCUT2D eigenvalue weighted by atomic mass is 10.1. The molecule has 0 aliphatic carbocycles. The molecule has 0 amide bonds. The molecule has 0 spiro atoms. The lowest BCUT2D eigenvalue weighted by molar-refractivity contribution is 0.544. The van der Waals surface area contributed by atoms with Crippen LogP contribution in [0.25, 0.3) is 10.8 Å². The maximum absolute atomic E-state index is 4.18. The van der Waals surface area contributed by atoms with Crippen molar-refractivity contribution < 1.29 is 0 Å². The Morgan fingerprint density at radius 3 is 2.83 bits per heavy atom. The first-order valence-corrected chi connectivity index (χ1v) is 6.71. The highest BCUT2D eigenvalue weighted by molar-refractivity contribution is 5.90. The van der Waals surface area contributed by atoms with Gasteiger partial charge < -0.3 is 5.32 Å². The number of hydrogen-bond donors (Lipinski definition) is 1. The summed E-state index contributed by atoms with van der Waals surface area (Å²) in [6.45, 7) is 5.50. The maximum atomic E-state index is 4.18. The van der Waals surface area contributed by atoms with E-state index in [0.29, 0.717) is 0 Å². The summed E-state index contributed by atoms with van der Waals surface area (Å²) in [6.07, 6.45) is 5.55. The molecule has 2 aromatic rings. The van der Waals surface area contributed by atoms with Gasteiger partial charge in [-0.3, -0.25) is 0 Å². The number of fused-ring (bicyclic) bond motifs is 1. The Morgan fingerprint density at radius 2 is 2.00 bits per heavy atom. The average molecular weight is 243 g/mol. The van der Waals surface area contributed by atoms with Crippen LogP contribution in [0.5, 0.6) is 0 Å². The van der Waals surface area contributed by atoms with Gasteiger partial charge in [-0.05, 0) is 12.3 Å². The highest BCUT2D eigenvalue weighted by atomic mass is 15.2. The zero-order valence-corrected chi connectivity index (χ0v) is 11.2. The van der Waals surface area contributed by atoms with Gasteiger partial charge >= 0.3 is 0 Å². The smallest absolute Gasteiger partial charge is 0.156 e. The van der Waals surface area contributed by atoms with Crippen LogP contribution in [-0.2, 0) is 0 Å². The summed E-state index contributed by atoms with van der Waals surface area (Å²) in [4.78, 5) is 0. The van der Waals surface area contributed by atoms with Crippen molar-refractivity contribution >= 4 is 16.6 Å². The molecule has 0 bridgehead atoms. The van der Waals surface area contributed by atoms with E-state index >= 15 is 0 Å². The van der Waals surface area contributed by atoms with Crippen LogP contribution < -0.4 is 5.32 Å². The van der Waals surface area contributed by atoms with Gasteiger partial charge in [-0.2, -0.15) is 5.10 Å². The molecule has 0 unspecified atom stereocenters. The van der Waals surface area contributed by atoms with Gasteiger partial charge in [-0.25, -0.2) is 0 Å². The third kappa shape index (κ3) is 3.42. The molecule has 0 aliphatic heterocycles. The number of rotatable bonds is 6. The van der Waals surface area contributed by atoms with Crippen LogP contribution in [0.2, 0.25) is 0 Å². The summed E-state index contributed by atoms with van der Waals surface area (Å²) in [5.74, 6) is 1.69. The Balaban J connectivity index is 1.91. The summed E-state index contributed by atoms with van der Waals surface area (Å²) >= 11 is 0. The standard InChI is InChI=1S/C15H21N3/c1-12(2)7-5-6-10-16-15-14-9-4-3-8-13(14)11-17-18-15/h3-4,8-9,11-12H,5-7,10H2,1-2H3,(H,16,18). The van der Waals surface area contributed by atoms with E-state index in [1.54, 1.807) is 6.20 Å². The van der Waals surface area contributed by atoms with Crippen LogP contribution >= 0.6 is 0 Å². The maximum Gasteiger partial charge on any atom is 0.156 e. The van der Waals surface area contributed by atoms with E-state index in [2.05, 4.69) is 41.5 Å². The summed E-state index contributed by atoms with van der Waals surface area (Å²) in [5, 5.41) is 13.9. The van der Waals surface area contributed by atoms with Crippen molar-refractivity contribution in [3.05, 3.63) is 30.5 Å². The van der Waals surface area contributed by atoms with Crippen molar-refractivity contribution in [3.63, 3.8) is 0 Å². The Morgan fingerprint density at radius 1 is 1.17 bits per heavy atom. The highest BCUT2D eigenvalue weighted by Crippen LogP contribution is 2.19. The minimum absolute atomic E-state index is 0.794. The molecule has 0 fully saturated rings. The summed E-state index contributed by atoms with van der Waals surface area (Å²) in [5.41, 5.74) is 0. The van der Waals surface area contributed by atoms with Crippen molar-refractivity contribution in [3.8, 4) is 0 Å². The Bertz CT molecular complexity index is 489. The van der Waals surface area contributed by atoms with Crippen molar-refractivity contribution in [1.29, 1.82) is 0 Å². The van der Waals surface area contributed by atoms with Crippen molar-refractivity contribution in [1.82, 2.24) is 10.2 Å². The number of aromatic nitrogens is 2. The molecule has 0 radical (unpaired) electrons. The summed E-state index contributed by atoms with van der Waals surface area (Å²) in [6, 6.07) is 8.21. The molecule has 0 saturated carbocycles. The molecule has 96 valence electrons. The summed E-state index contributed by atoms with van der Waals surface area (Å²) < 4.78 is 0. The van der Waals surface area contributed by atoms with Crippen LogP contribution in [-0.4, -0.2) is 16.7 Å². The van der Waals surface area contributed by atoms with E-state index in [0.717, 1.165) is 29.1 Å². The molecule has 0 aliphatic rings. The number of anilines is 1. The van der Waals surface area contributed by atoms with Crippen LogP contribution in [0.4, 0.5) is 5.82 Å². The first kappa shape index (κ1) is 12.8. The fourth-order valence-corrected chi connectivity index (χ4v) is 2.04. The van der Waals surface area contributed by atoms with Crippen molar-refractivity contribution in [2.45, 2.75) is 33.1 Å². The Labute approximate surface area is 109 Å². The van der Waals surface area contributed by atoms with E-state index in [4.69, 9.17) is 0 Å². The van der Waals surface area contributed by atoms with Crippen molar-refractivity contribution in [2.24, 2.45) is 5.92 Å². The number of hydrogen-bond acceptors (Lipinski definition) is 3. The first-order chi connectivity index (χ1) is 8.77. The predicted molar refractivity (Wildman–Crippen MR) is 76.7 cm³/mol. The second-order valence-electron chi connectivity index (χ2n) is 5.10. The van der Waals surface area contributed by atoms with Gasteiger partial charge in [0.1, 0.15) is 0 Å². The Kier molecular flexibility index (Phi) is 4.51. The molecule has 1 aromatic carbocycles. The minimum atomic E-state index is 0.794. The molecule has 0 saturated heterocycles. The third-order valence-corrected chi connectivity index (χ3v) is 3.07. The molecule has 3 heteroatoms. The van der Waals surface area contributed by atoms with E-state index in [-0.39, 0.29) is 0 Å². The van der Waals surface area contributed by atoms with Crippen LogP contribution in [0.1, 0.15) is 33.1 Å². The van der Waals surface area contributed by atoms with E-state index in [1.807, 2.05) is 12.1 Å². The third-order valence-electron chi connectivity index (χ3n) is 3.07. The fraction of sp³-hybridized carbons (Fsp3) is 0.467. The number of nitrogens with one attached hydrogen (secondary N) is 1. The quantitative estimate of drug-likeness (QED) is 0.783. The molecule has 2 rings (SSSR count). The molecule has 18 heavy (non-hydrogen) atoms. The van der Waals surface area contributed by atoms with Gasteiger partial charge in [0, 0.05) is 17.3 Å². The molecular weight excluding hydrogens is 222 g/mol. The van der Waals surface area contributed by atoms with E-state index in [9.17, 15) is 0 Å². The van der Waals surface area contributed by atoms with Crippen LogP contribution in [0.15, 0.2) is 30.5 Å².